The molecule has 0 aliphatic rings. The fourth-order valence-electron chi connectivity index (χ4n) is 4.55. The van der Waals surface area contributed by atoms with Gasteiger partial charge in [0.15, 0.2) is 0 Å². The van der Waals surface area contributed by atoms with Crippen LogP contribution in [0.3, 0.4) is 0 Å². The Kier molecular flexibility index (Phi) is 18.0. The van der Waals surface area contributed by atoms with Gasteiger partial charge in [-0.1, -0.05) is 127 Å². The third-order valence-electron chi connectivity index (χ3n) is 7.01. The second-order valence-electron chi connectivity index (χ2n) is 10.6. The van der Waals surface area contributed by atoms with Crippen molar-refractivity contribution >= 4 is 12.2 Å². The Hall–Kier alpha value is -3.10. The van der Waals surface area contributed by atoms with Gasteiger partial charge in [0, 0.05) is 0 Å². The Balaban J connectivity index is 1.77. The maximum absolute atomic E-state index is 14.5. The van der Waals surface area contributed by atoms with Crippen LogP contribution in [0.25, 0.3) is 12.2 Å². The molecule has 0 atom stereocenters. The van der Waals surface area contributed by atoms with Crippen molar-refractivity contribution in [2.75, 3.05) is 0 Å². The van der Waals surface area contributed by atoms with Crippen molar-refractivity contribution in [2.24, 2.45) is 0 Å². The van der Waals surface area contributed by atoms with Gasteiger partial charge >= 0.3 is 0 Å². The predicted octanol–water partition coefficient (Wildman–Crippen LogP) is 11.7. The van der Waals surface area contributed by atoms with Crippen molar-refractivity contribution in [2.45, 2.75) is 117 Å². The average Bonchev–Trinajstić information content (AvgIpc) is 2.95. The van der Waals surface area contributed by atoms with E-state index in [4.69, 9.17) is 0 Å². The second kappa shape index (κ2) is 21.7. The van der Waals surface area contributed by atoms with Crippen molar-refractivity contribution < 1.29 is 8.78 Å². The van der Waals surface area contributed by atoms with E-state index in [0.29, 0.717) is 11.1 Å². The first-order valence-electron chi connectivity index (χ1n) is 15.6. The van der Waals surface area contributed by atoms with Crippen LogP contribution in [0, 0.1) is 35.3 Å². The summed E-state index contributed by atoms with van der Waals surface area (Å²) >= 11 is 0. The molecule has 0 heterocycles. The third-order valence-corrected chi connectivity index (χ3v) is 7.01. The SMILES string of the molecule is CCCCCCCCC/C=C/c1ccc(C#CC#Cc2ccc(/C=C/CCCCCCCCC)cc2F)c(F)c1. The quantitative estimate of drug-likeness (QED) is 0.130. The van der Waals surface area contributed by atoms with E-state index in [2.05, 4.69) is 49.7 Å². The van der Waals surface area contributed by atoms with Crippen LogP contribution < -0.4 is 0 Å². The van der Waals surface area contributed by atoms with E-state index in [0.717, 1.165) is 24.0 Å². The number of unbranched alkanes of at least 4 members (excludes halogenated alkanes) is 14. The van der Waals surface area contributed by atoms with Gasteiger partial charge in [-0.25, -0.2) is 8.78 Å². The molecule has 0 amide bonds. The molecular weight excluding hydrogens is 494 g/mol. The topological polar surface area (TPSA) is 0 Å². The van der Waals surface area contributed by atoms with Gasteiger partial charge in [-0.05, 0) is 84.8 Å². The van der Waals surface area contributed by atoms with E-state index >= 15 is 0 Å². The van der Waals surface area contributed by atoms with E-state index in [9.17, 15) is 8.78 Å². The molecule has 0 bridgehead atoms. The Morgan fingerprint density at radius 3 is 1.27 bits per heavy atom. The molecule has 0 saturated heterocycles. The molecule has 0 nitrogen and oxygen atoms in total. The van der Waals surface area contributed by atoms with Crippen LogP contribution in [0.5, 0.6) is 0 Å². The summed E-state index contributed by atoms with van der Waals surface area (Å²) in [5.41, 5.74) is 2.24. The minimum Gasteiger partial charge on any atom is -0.206 e. The standard InChI is InChI=1S/C38H48F2/c1-3-5-7-9-11-13-15-17-19-23-33-27-29-35(37(39)31-33)25-21-22-26-36-30-28-34(32-38(36)40)24-20-18-16-14-12-10-8-6-4-2/h19-20,23-24,27-32H,3-18H2,1-2H3/b23-19+,24-20+. The number of allylic oxidation sites excluding steroid dienone is 2. The average molecular weight is 543 g/mol. The van der Waals surface area contributed by atoms with Crippen LogP contribution in [0.1, 0.15) is 139 Å². The lowest BCUT2D eigenvalue weighted by molar-refractivity contribution is 0.592. The molecular formula is C38H48F2. The largest absolute Gasteiger partial charge is 0.206 e. The molecule has 0 radical (unpaired) electrons. The van der Waals surface area contributed by atoms with E-state index in [1.165, 1.54) is 102 Å². The molecule has 0 fully saturated rings. The number of hydrogen-bond donors (Lipinski definition) is 0. The van der Waals surface area contributed by atoms with Crippen molar-refractivity contribution in [3.63, 3.8) is 0 Å². The smallest absolute Gasteiger partial charge is 0.139 e. The maximum Gasteiger partial charge on any atom is 0.139 e. The van der Waals surface area contributed by atoms with Crippen molar-refractivity contribution in [1.82, 2.24) is 0 Å². The fourth-order valence-corrected chi connectivity index (χ4v) is 4.55. The van der Waals surface area contributed by atoms with Gasteiger partial charge in [-0.2, -0.15) is 0 Å². The Morgan fingerprint density at radius 2 is 0.900 bits per heavy atom. The van der Waals surface area contributed by atoms with Gasteiger partial charge in [0.05, 0.1) is 11.1 Å². The lowest BCUT2D eigenvalue weighted by Crippen LogP contribution is -1.85. The number of hydrogen-bond acceptors (Lipinski definition) is 0. The first-order chi connectivity index (χ1) is 19.6. The lowest BCUT2D eigenvalue weighted by Gasteiger charge is -2.00. The van der Waals surface area contributed by atoms with Crippen molar-refractivity contribution in [1.29, 1.82) is 0 Å². The maximum atomic E-state index is 14.5. The monoisotopic (exact) mass is 542 g/mol. The highest BCUT2D eigenvalue weighted by molar-refractivity contribution is 5.54. The first-order valence-corrected chi connectivity index (χ1v) is 15.6. The zero-order chi connectivity index (χ0) is 28.7. The highest BCUT2D eigenvalue weighted by atomic mass is 19.1. The number of halogens is 2. The molecule has 0 N–H and O–H groups in total. The Bertz CT molecular complexity index is 1070. The molecule has 2 aromatic rings. The normalized spacial score (nSPS) is 11.0. The van der Waals surface area contributed by atoms with E-state index in [-0.39, 0.29) is 11.6 Å². The Morgan fingerprint density at radius 1 is 0.525 bits per heavy atom. The van der Waals surface area contributed by atoms with E-state index in [1.807, 2.05) is 24.3 Å². The Labute approximate surface area is 243 Å². The highest BCUT2D eigenvalue weighted by Gasteiger charge is 2.01. The van der Waals surface area contributed by atoms with E-state index < -0.39 is 0 Å². The molecule has 0 spiro atoms. The van der Waals surface area contributed by atoms with Gasteiger partial charge in [-0.3, -0.25) is 0 Å². The van der Waals surface area contributed by atoms with Crippen LogP contribution in [0.4, 0.5) is 8.78 Å². The third kappa shape index (κ3) is 14.9. The van der Waals surface area contributed by atoms with Crippen LogP contribution in [-0.2, 0) is 0 Å². The van der Waals surface area contributed by atoms with Gasteiger partial charge in [0.1, 0.15) is 11.6 Å². The summed E-state index contributed by atoms with van der Waals surface area (Å²) in [5.74, 6) is 10.1. The summed E-state index contributed by atoms with van der Waals surface area (Å²) in [6, 6.07) is 10.1. The van der Waals surface area contributed by atoms with Crippen LogP contribution in [-0.4, -0.2) is 0 Å². The van der Waals surface area contributed by atoms with Crippen molar-refractivity contribution in [3.05, 3.63) is 82.4 Å². The molecule has 40 heavy (non-hydrogen) atoms. The zero-order valence-corrected chi connectivity index (χ0v) is 24.8. The number of rotatable bonds is 18. The molecule has 0 saturated carbocycles. The highest BCUT2D eigenvalue weighted by Crippen LogP contribution is 2.15. The molecule has 0 aliphatic heterocycles. The minimum absolute atomic E-state index is 0.292. The van der Waals surface area contributed by atoms with Gasteiger partial charge < -0.3 is 0 Å². The first kappa shape index (κ1) is 33.1. The molecule has 0 aromatic heterocycles. The zero-order valence-electron chi connectivity index (χ0n) is 24.8. The number of benzene rings is 2. The van der Waals surface area contributed by atoms with E-state index in [1.54, 1.807) is 12.1 Å². The van der Waals surface area contributed by atoms with Crippen LogP contribution in [0.2, 0.25) is 0 Å². The summed E-state index contributed by atoms with van der Waals surface area (Å²) in [5, 5.41) is 0. The molecule has 0 aliphatic carbocycles. The van der Waals surface area contributed by atoms with Gasteiger partial charge in [-0.15, -0.1) is 0 Å². The summed E-state index contributed by atoms with van der Waals surface area (Å²) in [6.07, 6.45) is 28.2. The lowest BCUT2D eigenvalue weighted by atomic mass is 10.1. The van der Waals surface area contributed by atoms with Crippen molar-refractivity contribution in [3.8, 4) is 23.7 Å². The molecule has 214 valence electrons. The fraction of sp³-hybridized carbons (Fsp3) is 0.474. The predicted molar refractivity (Wildman–Crippen MR) is 170 cm³/mol. The molecule has 2 heteroatoms. The molecule has 2 rings (SSSR count). The van der Waals surface area contributed by atoms with Crippen LogP contribution >= 0.6 is 0 Å². The van der Waals surface area contributed by atoms with Gasteiger partial charge in [0.2, 0.25) is 0 Å². The summed E-state index contributed by atoms with van der Waals surface area (Å²) in [4.78, 5) is 0. The molecule has 2 aromatic carbocycles. The minimum atomic E-state index is -0.369. The van der Waals surface area contributed by atoms with Crippen LogP contribution in [0.15, 0.2) is 48.6 Å². The summed E-state index contributed by atoms with van der Waals surface area (Å²) < 4.78 is 28.9. The summed E-state index contributed by atoms with van der Waals surface area (Å²) in [7, 11) is 0. The van der Waals surface area contributed by atoms with Gasteiger partial charge in [0.25, 0.3) is 0 Å². The second-order valence-corrected chi connectivity index (χ2v) is 10.6. The summed E-state index contributed by atoms with van der Waals surface area (Å²) in [6.45, 7) is 4.47. The molecule has 0 unspecified atom stereocenters.